The van der Waals surface area contributed by atoms with Gasteiger partial charge in [0.25, 0.3) is 0 Å². The van der Waals surface area contributed by atoms with E-state index in [2.05, 4.69) is 23.4 Å². The van der Waals surface area contributed by atoms with Crippen LogP contribution in [0.1, 0.15) is 51.9 Å². The summed E-state index contributed by atoms with van der Waals surface area (Å²) in [6.45, 7) is 7.91. The van der Waals surface area contributed by atoms with E-state index in [0.717, 1.165) is 5.82 Å². The maximum Gasteiger partial charge on any atom is 0.325 e. The number of nitrogens with two attached hydrogens (primary N) is 1. The summed E-state index contributed by atoms with van der Waals surface area (Å²) in [5.74, 6) is 0.952. The molecule has 0 bridgehead atoms. The van der Waals surface area contributed by atoms with Crippen LogP contribution in [-0.4, -0.2) is 28.2 Å². The van der Waals surface area contributed by atoms with Crippen molar-refractivity contribution in [2.75, 3.05) is 7.11 Å². The molecule has 1 aromatic heterocycles. The van der Waals surface area contributed by atoms with Crippen LogP contribution in [0, 0.1) is 0 Å². The number of esters is 1. The van der Waals surface area contributed by atoms with Crippen molar-refractivity contribution in [3.05, 3.63) is 18.2 Å². The third-order valence-corrected chi connectivity index (χ3v) is 3.06. The fourth-order valence-electron chi connectivity index (χ4n) is 2.17. The third kappa shape index (κ3) is 3.10. The predicted octanol–water partition coefficient (Wildman–Crippen LogP) is 1.85. The van der Waals surface area contributed by atoms with Gasteiger partial charge in [-0.3, -0.25) is 4.79 Å². The van der Waals surface area contributed by atoms with Crippen LogP contribution in [0.3, 0.4) is 0 Å². The molecule has 0 amide bonds. The Balaban J connectivity index is 2.85. The van der Waals surface area contributed by atoms with Crippen molar-refractivity contribution >= 4 is 5.97 Å². The molecule has 5 heteroatoms. The van der Waals surface area contributed by atoms with Crippen molar-refractivity contribution in [3.8, 4) is 0 Å². The SMILES string of the molecule is COC(=O)C(C)(N)CC(C)n1ccnc1C(C)C. The van der Waals surface area contributed by atoms with E-state index < -0.39 is 5.54 Å². The number of rotatable bonds is 5. The summed E-state index contributed by atoms with van der Waals surface area (Å²) in [6.07, 6.45) is 4.21. The molecule has 0 aliphatic rings. The second-order valence-electron chi connectivity index (χ2n) is 5.31. The van der Waals surface area contributed by atoms with Gasteiger partial charge in [-0.25, -0.2) is 4.98 Å². The molecule has 0 fully saturated rings. The van der Waals surface area contributed by atoms with Gasteiger partial charge in [0, 0.05) is 24.4 Å². The maximum absolute atomic E-state index is 11.6. The molecule has 0 aliphatic heterocycles. The number of methoxy groups -OCH3 is 1. The van der Waals surface area contributed by atoms with E-state index in [9.17, 15) is 4.79 Å². The van der Waals surface area contributed by atoms with Crippen LogP contribution in [0.15, 0.2) is 12.4 Å². The molecule has 18 heavy (non-hydrogen) atoms. The molecule has 102 valence electrons. The molecule has 0 radical (unpaired) electrons. The number of ether oxygens (including phenoxy) is 1. The molecule has 0 spiro atoms. The van der Waals surface area contributed by atoms with E-state index in [4.69, 9.17) is 10.5 Å². The van der Waals surface area contributed by atoms with Crippen LogP contribution in [0.25, 0.3) is 0 Å². The van der Waals surface area contributed by atoms with Crippen molar-refractivity contribution in [1.29, 1.82) is 0 Å². The lowest BCUT2D eigenvalue weighted by molar-refractivity contribution is -0.147. The van der Waals surface area contributed by atoms with Gasteiger partial charge in [0.05, 0.1) is 7.11 Å². The molecule has 1 aromatic rings. The second-order valence-corrected chi connectivity index (χ2v) is 5.31. The Labute approximate surface area is 108 Å². The molecule has 0 aliphatic carbocycles. The van der Waals surface area contributed by atoms with Crippen LogP contribution in [-0.2, 0) is 9.53 Å². The second kappa shape index (κ2) is 5.52. The molecule has 5 nitrogen and oxygen atoms in total. The van der Waals surface area contributed by atoms with Crippen molar-refractivity contribution in [2.45, 2.75) is 51.6 Å². The lowest BCUT2D eigenvalue weighted by Crippen LogP contribution is -2.47. The molecule has 1 rings (SSSR count). The van der Waals surface area contributed by atoms with Crippen molar-refractivity contribution < 1.29 is 9.53 Å². The summed E-state index contributed by atoms with van der Waals surface area (Å²) in [7, 11) is 1.36. The molecule has 0 aromatic carbocycles. The van der Waals surface area contributed by atoms with Crippen molar-refractivity contribution in [3.63, 3.8) is 0 Å². The number of hydrogen-bond acceptors (Lipinski definition) is 4. The average Bonchev–Trinajstić information content (AvgIpc) is 2.76. The van der Waals surface area contributed by atoms with Gasteiger partial charge in [-0.15, -0.1) is 0 Å². The standard InChI is InChI=1S/C13H23N3O2/c1-9(2)11-15-6-7-16(11)10(3)8-13(4,14)12(17)18-5/h6-7,9-10H,8,14H2,1-5H3. The Morgan fingerprint density at radius 2 is 2.17 bits per heavy atom. The first kappa shape index (κ1) is 14.7. The Kier molecular flexibility index (Phi) is 4.51. The number of imidazole rings is 1. The minimum atomic E-state index is -0.979. The molecule has 0 saturated heterocycles. The van der Waals surface area contributed by atoms with E-state index in [1.54, 1.807) is 13.1 Å². The monoisotopic (exact) mass is 253 g/mol. The zero-order valence-corrected chi connectivity index (χ0v) is 11.8. The highest BCUT2D eigenvalue weighted by molar-refractivity contribution is 5.79. The highest BCUT2D eigenvalue weighted by Gasteiger charge is 2.32. The van der Waals surface area contributed by atoms with Gasteiger partial charge in [-0.2, -0.15) is 0 Å². The summed E-state index contributed by atoms with van der Waals surface area (Å²) in [5, 5.41) is 0. The summed E-state index contributed by atoms with van der Waals surface area (Å²) >= 11 is 0. The zero-order chi connectivity index (χ0) is 13.9. The first-order chi connectivity index (χ1) is 8.29. The first-order valence-corrected chi connectivity index (χ1v) is 6.19. The predicted molar refractivity (Wildman–Crippen MR) is 70.3 cm³/mol. The number of aromatic nitrogens is 2. The van der Waals surface area contributed by atoms with Gasteiger partial charge in [-0.05, 0) is 20.3 Å². The quantitative estimate of drug-likeness (QED) is 0.813. The fourth-order valence-corrected chi connectivity index (χ4v) is 2.17. The number of carbonyl (C=O) groups excluding carboxylic acids is 1. The van der Waals surface area contributed by atoms with E-state index in [1.165, 1.54) is 7.11 Å². The summed E-state index contributed by atoms with van der Waals surface area (Å²) < 4.78 is 6.79. The first-order valence-electron chi connectivity index (χ1n) is 6.19. The van der Waals surface area contributed by atoms with Gasteiger partial charge in [0.2, 0.25) is 0 Å². The minimum Gasteiger partial charge on any atom is -0.468 e. The Bertz CT molecular complexity index is 410. The Hall–Kier alpha value is -1.36. The van der Waals surface area contributed by atoms with Crippen molar-refractivity contribution in [1.82, 2.24) is 9.55 Å². The molecular formula is C13H23N3O2. The number of carbonyl (C=O) groups is 1. The number of nitrogens with zero attached hydrogens (tertiary/aromatic N) is 2. The Morgan fingerprint density at radius 3 is 2.67 bits per heavy atom. The largest absolute Gasteiger partial charge is 0.468 e. The van der Waals surface area contributed by atoms with E-state index >= 15 is 0 Å². The average molecular weight is 253 g/mol. The third-order valence-electron chi connectivity index (χ3n) is 3.06. The van der Waals surface area contributed by atoms with E-state index in [-0.39, 0.29) is 12.0 Å². The highest BCUT2D eigenvalue weighted by atomic mass is 16.5. The van der Waals surface area contributed by atoms with Crippen LogP contribution >= 0.6 is 0 Å². The lowest BCUT2D eigenvalue weighted by Gasteiger charge is -2.27. The smallest absolute Gasteiger partial charge is 0.325 e. The summed E-state index contributed by atoms with van der Waals surface area (Å²) in [5.41, 5.74) is 5.02. The normalized spacial score (nSPS) is 16.4. The lowest BCUT2D eigenvalue weighted by atomic mass is 9.94. The van der Waals surface area contributed by atoms with Gasteiger partial charge in [-0.1, -0.05) is 13.8 Å². The molecule has 0 saturated carbocycles. The van der Waals surface area contributed by atoms with Crippen LogP contribution in [0.5, 0.6) is 0 Å². The molecule has 2 atom stereocenters. The van der Waals surface area contributed by atoms with Crippen LogP contribution in [0.2, 0.25) is 0 Å². The van der Waals surface area contributed by atoms with Crippen LogP contribution < -0.4 is 5.73 Å². The van der Waals surface area contributed by atoms with E-state index in [0.29, 0.717) is 12.3 Å². The molecule has 1 heterocycles. The Morgan fingerprint density at radius 1 is 1.56 bits per heavy atom. The van der Waals surface area contributed by atoms with Crippen molar-refractivity contribution in [2.24, 2.45) is 5.73 Å². The van der Waals surface area contributed by atoms with Gasteiger partial charge < -0.3 is 15.0 Å². The fraction of sp³-hybridized carbons (Fsp3) is 0.692. The maximum atomic E-state index is 11.6. The topological polar surface area (TPSA) is 70.1 Å². The van der Waals surface area contributed by atoms with Crippen LogP contribution in [0.4, 0.5) is 0 Å². The summed E-state index contributed by atoms with van der Waals surface area (Å²) in [4.78, 5) is 15.9. The number of hydrogen-bond donors (Lipinski definition) is 1. The van der Waals surface area contributed by atoms with E-state index in [1.807, 2.05) is 13.1 Å². The summed E-state index contributed by atoms with van der Waals surface area (Å²) in [6, 6.07) is 0.0963. The minimum absolute atomic E-state index is 0.0963. The molecular weight excluding hydrogens is 230 g/mol. The van der Waals surface area contributed by atoms with Gasteiger partial charge in [0.1, 0.15) is 11.4 Å². The zero-order valence-electron chi connectivity index (χ0n) is 11.8. The molecule has 2 N–H and O–H groups in total. The molecule has 2 unspecified atom stereocenters. The highest BCUT2D eigenvalue weighted by Crippen LogP contribution is 2.24. The van der Waals surface area contributed by atoms with Gasteiger partial charge >= 0.3 is 5.97 Å². The van der Waals surface area contributed by atoms with Gasteiger partial charge in [0.15, 0.2) is 0 Å².